The summed E-state index contributed by atoms with van der Waals surface area (Å²) in [6.07, 6.45) is 7.85. The highest BCUT2D eigenvalue weighted by molar-refractivity contribution is 7.91. The maximum Gasteiger partial charge on any atom is 0.259 e. The summed E-state index contributed by atoms with van der Waals surface area (Å²) in [6.45, 7) is 9.26. The van der Waals surface area contributed by atoms with Crippen molar-refractivity contribution >= 4 is 21.8 Å². The molecule has 2 rings (SSSR count). The fraction of sp³-hybridized carbons (Fsp3) is 0.818. The lowest BCUT2D eigenvalue weighted by atomic mass is 10.0. The molecule has 0 aromatic carbocycles. The van der Waals surface area contributed by atoms with Crippen molar-refractivity contribution < 1.29 is 23.1 Å². The minimum atomic E-state index is -3.80. The quantitative estimate of drug-likeness (QED) is 0.247. The summed E-state index contributed by atoms with van der Waals surface area (Å²) in [5.74, 6) is -0.765. The Morgan fingerprint density at radius 1 is 1.19 bits per heavy atom. The molecule has 5 unspecified atom stereocenters. The summed E-state index contributed by atoms with van der Waals surface area (Å²) in [7, 11) is -3.80. The topological polar surface area (TPSA) is 125 Å². The van der Waals surface area contributed by atoms with Gasteiger partial charge in [-0.3, -0.25) is 19.6 Å². The summed E-state index contributed by atoms with van der Waals surface area (Å²) in [4.78, 5) is 25.9. The summed E-state index contributed by atoms with van der Waals surface area (Å²) < 4.78 is 26.5. The van der Waals surface area contributed by atoms with Crippen molar-refractivity contribution in [2.75, 3.05) is 0 Å². The van der Waals surface area contributed by atoms with Crippen LogP contribution >= 0.6 is 0 Å². The van der Waals surface area contributed by atoms with E-state index in [0.29, 0.717) is 31.6 Å². The van der Waals surface area contributed by atoms with Crippen LogP contribution in [0.2, 0.25) is 0 Å². The summed E-state index contributed by atoms with van der Waals surface area (Å²) in [6, 6.07) is -0.683. The Balaban J connectivity index is 2.13. The molecule has 2 amide bonds. The molecule has 0 aromatic rings. The van der Waals surface area contributed by atoms with Crippen LogP contribution < -0.4 is 15.4 Å². The molecule has 0 saturated heterocycles. The zero-order chi connectivity index (χ0) is 23.4. The highest BCUT2D eigenvalue weighted by Crippen LogP contribution is 2.47. The second kappa shape index (κ2) is 10.0. The molecular formula is C22H39N3O5S. The van der Waals surface area contributed by atoms with Crippen LogP contribution in [0.5, 0.6) is 0 Å². The monoisotopic (exact) mass is 457 g/mol. The van der Waals surface area contributed by atoms with Crippen molar-refractivity contribution in [3.63, 3.8) is 0 Å². The largest absolute Gasteiger partial charge is 0.379 e. The van der Waals surface area contributed by atoms with E-state index in [1.165, 1.54) is 6.92 Å². The average Bonchev–Trinajstić information content (AvgIpc) is 3.60. The van der Waals surface area contributed by atoms with Gasteiger partial charge < -0.3 is 10.4 Å². The van der Waals surface area contributed by atoms with E-state index < -0.39 is 44.4 Å². The standard InChI is InChI=1S/C22H39N3O5S/c1-6-15(3)10-8-9-11-17-14-22(17,24-19(27)18(7-2)23-16(4)26)20(28)25-31(29,30)21(5)12-13-21/h9,11,15-18,23,26H,6-8,10,12-14H2,1-5H3,(H,24,27)(H,25,28). The third-order valence-electron chi connectivity index (χ3n) is 6.65. The summed E-state index contributed by atoms with van der Waals surface area (Å²) in [5, 5.41) is 15.1. The molecule has 4 N–H and O–H groups in total. The molecule has 5 atom stereocenters. The minimum absolute atomic E-state index is 0.264. The highest BCUT2D eigenvalue weighted by Gasteiger charge is 2.62. The van der Waals surface area contributed by atoms with Gasteiger partial charge in [-0.25, -0.2) is 8.42 Å². The second-order valence-electron chi connectivity index (χ2n) is 9.48. The van der Waals surface area contributed by atoms with Gasteiger partial charge in [0.15, 0.2) is 0 Å². The fourth-order valence-electron chi connectivity index (χ4n) is 3.59. The van der Waals surface area contributed by atoms with Gasteiger partial charge in [0, 0.05) is 5.92 Å². The molecule has 0 heterocycles. The highest BCUT2D eigenvalue weighted by atomic mass is 32.2. The zero-order valence-corrected chi connectivity index (χ0v) is 20.2. The number of sulfonamides is 1. The van der Waals surface area contributed by atoms with Crippen molar-refractivity contribution in [1.82, 2.24) is 15.4 Å². The van der Waals surface area contributed by atoms with Gasteiger partial charge in [0.05, 0.1) is 10.8 Å². The molecule has 8 nitrogen and oxygen atoms in total. The van der Waals surface area contributed by atoms with Crippen LogP contribution in [0.4, 0.5) is 0 Å². The first-order chi connectivity index (χ1) is 14.4. The molecule has 178 valence electrons. The Kier molecular flexibility index (Phi) is 8.33. The van der Waals surface area contributed by atoms with E-state index in [4.69, 9.17) is 0 Å². The first-order valence-corrected chi connectivity index (χ1v) is 12.9. The maximum atomic E-state index is 13.1. The second-order valence-corrected chi connectivity index (χ2v) is 11.7. The smallest absolute Gasteiger partial charge is 0.259 e. The predicted molar refractivity (Wildman–Crippen MR) is 120 cm³/mol. The van der Waals surface area contributed by atoms with Crippen LogP contribution in [0.15, 0.2) is 12.2 Å². The van der Waals surface area contributed by atoms with Crippen LogP contribution in [0.3, 0.4) is 0 Å². The molecule has 2 aliphatic carbocycles. The average molecular weight is 458 g/mol. The number of rotatable bonds is 13. The van der Waals surface area contributed by atoms with Crippen LogP contribution in [0.1, 0.15) is 79.6 Å². The third kappa shape index (κ3) is 6.29. The number of hydrogen-bond donors (Lipinski definition) is 4. The molecule has 2 aliphatic rings. The van der Waals surface area contributed by atoms with E-state index in [2.05, 4.69) is 29.2 Å². The lowest BCUT2D eigenvalue weighted by Gasteiger charge is -2.24. The van der Waals surface area contributed by atoms with E-state index >= 15 is 0 Å². The molecule has 2 fully saturated rings. The first kappa shape index (κ1) is 25.8. The van der Waals surface area contributed by atoms with Crippen molar-refractivity contribution in [2.45, 2.75) is 102 Å². The summed E-state index contributed by atoms with van der Waals surface area (Å²) in [5.41, 5.74) is -1.28. The zero-order valence-electron chi connectivity index (χ0n) is 19.4. The van der Waals surface area contributed by atoms with Crippen molar-refractivity contribution in [2.24, 2.45) is 11.8 Å². The molecular weight excluding hydrogens is 418 g/mol. The summed E-state index contributed by atoms with van der Waals surface area (Å²) >= 11 is 0. The Hall–Kier alpha value is -1.45. The van der Waals surface area contributed by atoms with Crippen molar-refractivity contribution in [1.29, 1.82) is 0 Å². The Morgan fingerprint density at radius 2 is 1.84 bits per heavy atom. The van der Waals surface area contributed by atoms with Gasteiger partial charge in [-0.15, -0.1) is 0 Å². The number of aliphatic hydroxyl groups excluding tert-OH is 1. The van der Waals surface area contributed by atoms with Crippen LogP contribution in [-0.2, 0) is 19.6 Å². The van der Waals surface area contributed by atoms with Crippen LogP contribution in [0.25, 0.3) is 0 Å². The van der Waals surface area contributed by atoms with Gasteiger partial charge >= 0.3 is 0 Å². The number of carbonyl (C=O) groups is 2. The molecule has 9 heteroatoms. The number of amides is 2. The van der Waals surface area contributed by atoms with Crippen LogP contribution in [-0.4, -0.2) is 47.9 Å². The third-order valence-corrected chi connectivity index (χ3v) is 8.81. The van der Waals surface area contributed by atoms with Gasteiger partial charge in [0.1, 0.15) is 11.8 Å². The van der Waals surface area contributed by atoms with Gasteiger partial charge in [-0.2, -0.15) is 0 Å². The number of hydrogen-bond acceptors (Lipinski definition) is 6. The first-order valence-electron chi connectivity index (χ1n) is 11.4. The van der Waals surface area contributed by atoms with E-state index in [-0.39, 0.29) is 5.92 Å². The number of nitrogens with one attached hydrogen (secondary N) is 3. The van der Waals surface area contributed by atoms with E-state index in [1.54, 1.807) is 13.8 Å². The Labute approximate surface area is 186 Å². The van der Waals surface area contributed by atoms with Crippen molar-refractivity contribution in [3.05, 3.63) is 12.2 Å². The predicted octanol–water partition coefficient (Wildman–Crippen LogP) is 1.95. The maximum absolute atomic E-state index is 13.1. The molecule has 0 radical (unpaired) electrons. The van der Waals surface area contributed by atoms with E-state index in [1.807, 2.05) is 12.2 Å². The van der Waals surface area contributed by atoms with Crippen LogP contribution in [0, 0.1) is 11.8 Å². The minimum Gasteiger partial charge on any atom is -0.379 e. The Bertz CT molecular complexity index is 791. The normalized spacial score (nSPS) is 27.4. The van der Waals surface area contributed by atoms with Gasteiger partial charge in [-0.1, -0.05) is 39.3 Å². The lowest BCUT2D eigenvalue weighted by molar-refractivity contribution is -0.131. The van der Waals surface area contributed by atoms with E-state index in [9.17, 15) is 23.1 Å². The molecule has 0 spiro atoms. The molecule has 0 aromatic heterocycles. The molecule has 31 heavy (non-hydrogen) atoms. The molecule has 2 saturated carbocycles. The van der Waals surface area contributed by atoms with Crippen molar-refractivity contribution in [3.8, 4) is 0 Å². The van der Waals surface area contributed by atoms with Gasteiger partial charge in [0.25, 0.3) is 5.91 Å². The van der Waals surface area contributed by atoms with E-state index in [0.717, 1.165) is 19.3 Å². The number of aliphatic hydroxyl groups is 1. The number of allylic oxidation sites excluding steroid dienone is 1. The molecule has 0 bridgehead atoms. The SMILES string of the molecule is CCC(C)CCC=CC1CC1(NC(=O)C(CC)NC(C)O)C(=O)NS(=O)(=O)C1(C)CC1. The molecule has 0 aliphatic heterocycles. The lowest BCUT2D eigenvalue weighted by Crippen LogP contribution is -2.57. The number of carbonyl (C=O) groups excluding carboxylic acids is 2. The fourth-order valence-corrected chi connectivity index (χ4v) is 4.90. The van der Waals surface area contributed by atoms with Gasteiger partial charge in [-0.05, 0) is 58.3 Å². The van der Waals surface area contributed by atoms with Gasteiger partial charge in [0.2, 0.25) is 15.9 Å². The Morgan fingerprint density at radius 3 is 2.35 bits per heavy atom.